The number of Topliss-reactive ketones (excluding diaryl/α,β-unsaturated/α-hetero) is 1. The first-order valence-corrected chi connectivity index (χ1v) is 21.3. The molecule has 6 nitrogen and oxygen atoms in total. The third-order valence-corrected chi connectivity index (χ3v) is 18.2. The molecule has 7 saturated carbocycles. The van der Waals surface area contributed by atoms with E-state index in [0.717, 1.165) is 81.4 Å². The van der Waals surface area contributed by atoms with Gasteiger partial charge in [-0.05, 0) is 130 Å². The Bertz CT molecular complexity index is 1660. The zero-order chi connectivity index (χ0) is 36.3. The number of fused-ring (bicyclic) bond motifs is 3. The number of nitrogens with one attached hydrogen (secondary N) is 1. The second-order valence-corrected chi connectivity index (χ2v) is 20.4. The number of carbonyl (C=O) groups is 2. The Morgan fingerprint density at radius 2 is 1.56 bits per heavy atom. The van der Waals surface area contributed by atoms with Gasteiger partial charge in [0.05, 0.1) is 18.2 Å². The maximum atomic E-state index is 15.0. The van der Waals surface area contributed by atoms with Gasteiger partial charge in [0, 0.05) is 40.0 Å². The molecule has 11 atom stereocenters. The molecule has 11 rings (SSSR count). The van der Waals surface area contributed by atoms with Crippen LogP contribution in [0.2, 0.25) is 0 Å². The molecule has 3 N–H and O–H groups in total. The third-order valence-electron chi connectivity index (χ3n) is 18.2. The van der Waals surface area contributed by atoms with E-state index >= 15 is 0 Å². The minimum Gasteiger partial charge on any atom is -0.393 e. The van der Waals surface area contributed by atoms with Crippen molar-refractivity contribution in [2.75, 3.05) is 18.4 Å². The number of rotatable bonds is 7. The van der Waals surface area contributed by atoms with Crippen molar-refractivity contribution in [3.63, 3.8) is 0 Å². The number of allylic oxidation sites excluding steroid dienone is 4. The molecule has 4 bridgehead atoms. The smallest absolute Gasteiger partial charge is 0.321 e. The predicted octanol–water partition coefficient (Wildman–Crippen LogP) is 9.33. The molecule has 0 saturated heterocycles. The maximum Gasteiger partial charge on any atom is 0.321 e. The average molecular weight is 709 g/mol. The van der Waals surface area contributed by atoms with Crippen LogP contribution in [0.3, 0.4) is 0 Å². The van der Waals surface area contributed by atoms with Crippen molar-refractivity contribution in [3.05, 3.63) is 54.1 Å². The Labute approximate surface area is 312 Å². The fourth-order valence-corrected chi connectivity index (χ4v) is 14.9. The standard InChI is InChI=1S/C46H64N2O4/c1-41(2)32-16-15-31(35(41)25-32)28-48(40(51)47-33-13-9-6-10-14-33)29-45(52)22-19-38-43(45,4)21-18-37-42(3)20-17-34(49)26-44(42)23-24-46(37,38)36(27-44)39(50)30-11-7-5-8-12-30/h6,9-10,13-14,23-24,27,30-32,34-35,37-38,49,52H,5,7-8,11-12,15-22,25-26,28-29H2,1-4H3,(H,47,51). The molecule has 10 aliphatic carbocycles. The number of urea groups is 1. The molecule has 52 heavy (non-hydrogen) atoms. The first-order chi connectivity index (χ1) is 24.8. The summed E-state index contributed by atoms with van der Waals surface area (Å²) in [6.07, 6.45) is 21.8. The van der Waals surface area contributed by atoms with E-state index in [1.165, 1.54) is 19.3 Å². The van der Waals surface area contributed by atoms with Crippen LogP contribution in [0.1, 0.15) is 124 Å². The molecule has 0 heterocycles. The van der Waals surface area contributed by atoms with E-state index in [9.17, 15) is 19.8 Å². The van der Waals surface area contributed by atoms with E-state index in [2.05, 4.69) is 51.2 Å². The highest BCUT2D eigenvalue weighted by Crippen LogP contribution is 2.78. The van der Waals surface area contributed by atoms with Gasteiger partial charge in [0.2, 0.25) is 0 Å². The monoisotopic (exact) mass is 708 g/mol. The van der Waals surface area contributed by atoms with Gasteiger partial charge < -0.3 is 20.4 Å². The minimum absolute atomic E-state index is 0.0324. The fraction of sp³-hybridized carbons (Fsp3) is 0.739. The molecule has 1 aromatic rings. The molecule has 10 aliphatic rings. The molecule has 0 aromatic heterocycles. The number of aliphatic hydroxyl groups is 2. The van der Waals surface area contributed by atoms with Gasteiger partial charge in [0.25, 0.3) is 0 Å². The number of carbonyl (C=O) groups excluding carboxylic acids is 2. The molecular weight excluding hydrogens is 645 g/mol. The molecule has 2 spiro atoms. The van der Waals surface area contributed by atoms with E-state index in [1.54, 1.807) is 0 Å². The van der Waals surface area contributed by atoms with Crippen LogP contribution in [0.4, 0.5) is 10.5 Å². The first kappa shape index (κ1) is 35.3. The molecule has 2 amide bonds. The van der Waals surface area contributed by atoms with Crippen LogP contribution in [-0.2, 0) is 4.79 Å². The molecule has 7 fully saturated rings. The van der Waals surface area contributed by atoms with Crippen LogP contribution in [-0.4, -0.2) is 51.7 Å². The lowest BCUT2D eigenvalue weighted by Gasteiger charge is -2.71. The summed E-state index contributed by atoms with van der Waals surface area (Å²) in [6.45, 7) is 10.6. The summed E-state index contributed by atoms with van der Waals surface area (Å²) in [7, 11) is 0. The molecule has 0 aliphatic heterocycles. The highest BCUT2D eigenvalue weighted by molar-refractivity contribution is 6.00. The van der Waals surface area contributed by atoms with Crippen molar-refractivity contribution in [2.24, 2.45) is 62.6 Å². The van der Waals surface area contributed by atoms with Gasteiger partial charge in [-0.15, -0.1) is 0 Å². The normalized spacial score (nSPS) is 45.5. The van der Waals surface area contributed by atoms with E-state index in [4.69, 9.17) is 0 Å². The Morgan fingerprint density at radius 3 is 2.29 bits per heavy atom. The van der Waals surface area contributed by atoms with Crippen LogP contribution >= 0.6 is 0 Å². The lowest BCUT2D eigenvalue weighted by molar-refractivity contribution is -0.179. The van der Waals surface area contributed by atoms with E-state index in [-0.39, 0.29) is 34.8 Å². The second kappa shape index (κ2) is 12.0. The third kappa shape index (κ3) is 4.80. The molecule has 1 aromatic carbocycles. The quantitative estimate of drug-likeness (QED) is 0.246. The molecule has 6 heteroatoms. The summed E-state index contributed by atoms with van der Waals surface area (Å²) in [6, 6.07) is 9.65. The van der Waals surface area contributed by atoms with Crippen LogP contribution in [0.5, 0.6) is 0 Å². The first-order valence-electron chi connectivity index (χ1n) is 21.3. The van der Waals surface area contributed by atoms with Gasteiger partial charge in [-0.3, -0.25) is 4.79 Å². The average Bonchev–Trinajstić information content (AvgIpc) is 3.41. The van der Waals surface area contributed by atoms with Gasteiger partial charge in [-0.25, -0.2) is 4.79 Å². The van der Waals surface area contributed by atoms with Crippen LogP contribution in [0, 0.1) is 62.6 Å². The van der Waals surface area contributed by atoms with Crippen LogP contribution in [0.25, 0.3) is 0 Å². The number of aliphatic hydroxyl groups excluding tert-OH is 1. The van der Waals surface area contributed by atoms with Gasteiger partial charge in [-0.1, -0.05) is 83.4 Å². The zero-order valence-electron chi connectivity index (χ0n) is 32.3. The largest absolute Gasteiger partial charge is 0.393 e. The van der Waals surface area contributed by atoms with Crippen molar-refractivity contribution >= 4 is 17.5 Å². The number of hydrogen-bond donors (Lipinski definition) is 3. The SMILES string of the molecule is CC1(C)C2CCC(CN(CC3(O)CCC4C56C=CC7(C=C5C(=O)C5CCCCC5)CC(O)CCC7(C)C6CCC43C)C(=O)Nc3ccccc3)C1C2. The zero-order valence-corrected chi connectivity index (χ0v) is 32.3. The van der Waals surface area contributed by atoms with E-state index in [0.29, 0.717) is 54.9 Å². The summed E-state index contributed by atoms with van der Waals surface area (Å²) in [5.74, 6) is 2.69. The van der Waals surface area contributed by atoms with Gasteiger partial charge in [0.1, 0.15) is 0 Å². The Balaban J connectivity index is 1.08. The molecule has 282 valence electrons. The second-order valence-electron chi connectivity index (χ2n) is 20.4. The van der Waals surface area contributed by atoms with E-state index < -0.39 is 16.4 Å². The number of ketones is 1. The summed E-state index contributed by atoms with van der Waals surface area (Å²) in [5, 5.41) is 27.6. The minimum atomic E-state index is -1.07. The Morgan fingerprint density at radius 1 is 0.846 bits per heavy atom. The fourth-order valence-electron chi connectivity index (χ4n) is 14.9. The summed E-state index contributed by atoms with van der Waals surface area (Å²) in [5.41, 5.74) is -0.147. The van der Waals surface area contributed by atoms with Crippen molar-refractivity contribution in [3.8, 4) is 0 Å². The molecule has 11 unspecified atom stereocenters. The number of benzene rings is 1. The number of hydrogen-bond acceptors (Lipinski definition) is 4. The topological polar surface area (TPSA) is 89.9 Å². The number of nitrogens with zero attached hydrogens (tertiary/aromatic N) is 1. The van der Waals surface area contributed by atoms with Gasteiger partial charge in [-0.2, -0.15) is 0 Å². The summed E-state index contributed by atoms with van der Waals surface area (Å²) < 4.78 is 0. The number of anilines is 1. The van der Waals surface area contributed by atoms with Gasteiger partial charge >= 0.3 is 6.03 Å². The highest BCUT2D eigenvalue weighted by atomic mass is 16.3. The van der Waals surface area contributed by atoms with Crippen molar-refractivity contribution in [1.29, 1.82) is 0 Å². The maximum absolute atomic E-state index is 15.0. The van der Waals surface area contributed by atoms with Crippen LogP contribution in [0.15, 0.2) is 54.1 Å². The molecular formula is C46H64N2O4. The Kier molecular flexibility index (Phi) is 8.16. The number of amides is 2. The van der Waals surface area contributed by atoms with E-state index in [1.807, 2.05) is 35.2 Å². The summed E-state index contributed by atoms with van der Waals surface area (Å²) in [4.78, 5) is 31.3. The lowest BCUT2D eigenvalue weighted by Crippen LogP contribution is -2.68. The van der Waals surface area contributed by atoms with Crippen LogP contribution < -0.4 is 5.32 Å². The Hall–Kier alpha value is -2.44. The lowest BCUT2D eigenvalue weighted by atomic mass is 9.32. The summed E-state index contributed by atoms with van der Waals surface area (Å²) >= 11 is 0. The van der Waals surface area contributed by atoms with Crippen molar-refractivity contribution in [1.82, 2.24) is 4.90 Å². The predicted molar refractivity (Wildman–Crippen MR) is 205 cm³/mol. The molecule has 0 radical (unpaired) electrons. The highest BCUT2D eigenvalue weighted by Gasteiger charge is 2.74. The number of para-hydroxylation sites is 1. The van der Waals surface area contributed by atoms with Crippen molar-refractivity contribution in [2.45, 2.75) is 136 Å². The van der Waals surface area contributed by atoms with Gasteiger partial charge in [0.15, 0.2) is 5.78 Å². The van der Waals surface area contributed by atoms with Crippen molar-refractivity contribution < 1.29 is 19.8 Å².